The van der Waals surface area contributed by atoms with Gasteiger partial charge >= 0.3 is 0 Å². The molecule has 0 fully saturated rings. The first-order valence-electron chi connectivity index (χ1n) is 9.37. The molecule has 0 bridgehead atoms. The molecule has 0 spiro atoms. The van der Waals surface area contributed by atoms with E-state index in [1.54, 1.807) is 10.6 Å². The molecule has 0 nitrogen and oxygen atoms in total. The molecule has 1 aliphatic carbocycles. The molecule has 25 heavy (non-hydrogen) atoms. The molecule has 1 atom stereocenters. The number of hydrogen-bond donors (Lipinski definition) is 0. The molecule has 0 N–H and O–H groups in total. The van der Waals surface area contributed by atoms with E-state index in [4.69, 9.17) is 0 Å². The lowest BCUT2D eigenvalue weighted by atomic mass is 10.1. The summed E-state index contributed by atoms with van der Waals surface area (Å²) < 4.78 is 0. The highest BCUT2D eigenvalue weighted by molar-refractivity contribution is 7.78. The van der Waals surface area contributed by atoms with E-state index >= 15 is 0 Å². The molecule has 2 aromatic rings. The van der Waals surface area contributed by atoms with Gasteiger partial charge in [0.15, 0.2) is 0 Å². The summed E-state index contributed by atoms with van der Waals surface area (Å²) in [6, 6.07) is 22.3. The molecular weight excluding hydrogens is 338 g/mol. The van der Waals surface area contributed by atoms with E-state index in [0.29, 0.717) is 5.92 Å². The van der Waals surface area contributed by atoms with Crippen molar-refractivity contribution in [1.82, 2.24) is 0 Å². The van der Waals surface area contributed by atoms with Gasteiger partial charge in [-0.15, -0.1) is 0 Å². The lowest BCUT2D eigenvalue weighted by Crippen LogP contribution is -2.13. The van der Waals surface area contributed by atoms with Crippen LogP contribution in [0.15, 0.2) is 83.4 Å². The number of benzene rings is 2. The molecule has 130 valence electrons. The number of hydrogen-bond acceptors (Lipinski definition) is 0. The van der Waals surface area contributed by atoms with Crippen molar-refractivity contribution < 1.29 is 0 Å². The Bertz CT molecular complexity index is 688. The molecule has 0 saturated heterocycles. The minimum Gasteiger partial charge on any atom is -0.0789 e. The van der Waals surface area contributed by atoms with Crippen LogP contribution in [-0.4, -0.2) is 12.3 Å². The van der Waals surface area contributed by atoms with Crippen molar-refractivity contribution >= 4 is 26.5 Å². The van der Waals surface area contributed by atoms with Gasteiger partial charge in [-0.1, -0.05) is 102 Å². The Balaban J connectivity index is 2.17. The van der Waals surface area contributed by atoms with Gasteiger partial charge in [-0.3, -0.25) is 0 Å². The fraction of sp³-hybridized carbons (Fsp3) is 0.304. The van der Waals surface area contributed by atoms with Gasteiger partial charge in [-0.2, -0.15) is 0 Å². The van der Waals surface area contributed by atoms with Crippen LogP contribution < -0.4 is 10.6 Å². The van der Waals surface area contributed by atoms with Crippen LogP contribution in [0.1, 0.15) is 27.2 Å². The van der Waals surface area contributed by atoms with Crippen LogP contribution in [0.4, 0.5) is 0 Å². The summed E-state index contributed by atoms with van der Waals surface area (Å²) in [5, 5.41) is 6.36. The monoisotopic (exact) mass is 366 g/mol. The minimum absolute atomic E-state index is 0.0217. The Hall–Kier alpha value is -1.22. The molecule has 0 amide bonds. The Kier molecular flexibility index (Phi) is 6.63. The lowest BCUT2D eigenvalue weighted by molar-refractivity contribution is 0.769. The van der Waals surface area contributed by atoms with Crippen LogP contribution in [0.3, 0.4) is 0 Å². The van der Waals surface area contributed by atoms with Gasteiger partial charge < -0.3 is 0 Å². The Morgan fingerprint density at radius 3 is 1.72 bits per heavy atom. The fourth-order valence-corrected chi connectivity index (χ4v) is 9.05. The molecule has 1 aliphatic rings. The van der Waals surface area contributed by atoms with Crippen LogP contribution >= 0.6 is 15.8 Å². The summed E-state index contributed by atoms with van der Waals surface area (Å²) in [6.07, 6.45) is 8.77. The van der Waals surface area contributed by atoms with Crippen LogP contribution in [0.2, 0.25) is 0 Å². The first-order chi connectivity index (χ1) is 12.3. The van der Waals surface area contributed by atoms with E-state index < -0.39 is 7.92 Å². The van der Waals surface area contributed by atoms with Crippen LogP contribution in [0.25, 0.3) is 0 Å². The normalized spacial score (nSPS) is 17.1. The van der Waals surface area contributed by atoms with Gasteiger partial charge in [0, 0.05) is 5.92 Å². The summed E-state index contributed by atoms with van der Waals surface area (Å²) in [6.45, 7) is 7.08. The van der Waals surface area contributed by atoms with Crippen LogP contribution in [0, 0.1) is 5.92 Å². The third-order valence-corrected chi connectivity index (χ3v) is 10.4. The maximum atomic E-state index is 2.48. The molecule has 1 unspecified atom stereocenters. The topological polar surface area (TPSA) is 0 Å². The van der Waals surface area contributed by atoms with E-state index in [1.165, 1.54) is 29.4 Å². The van der Waals surface area contributed by atoms with E-state index in [0.717, 1.165) is 0 Å². The van der Waals surface area contributed by atoms with Gasteiger partial charge in [-0.25, -0.2) is 0 Å². The zero-order chi connectivity index (χ0) is 17.6. The van der Waals surface area contributed by atoms with Crippen molar-refractivity contribution in [3.05, 3.63) is 83.4 Å². The van der Waals surface area contributed by atoms with Crippen LogP contribution in [-0.2, 0) is 0 Å². The zero-order valence-corrected chi connectivity index (χ0v) is 17.3. The summed E-state index contributed by atoms with van der Waals surface area (Å²) in [7, 11) is -0.480. The van der Waals surface area contributed by atoms with Crippen molar-refractivity contribution in [1.29, 1.82) is 0 Å². The highest BCUT2D eigenvalue weighted by Gasteiger charge is 2.30. The Morgan fingerprint density at radius 1 is 0.760 bits per heavy atom. The summed E-state index contributed by atoms with van der Waals surface area (Å²) >= 11 is 0. The number of rotatable bonds is 7. The standard InChI is InChI=1S/C23H28P2/c1-4-19-17-18-22(23(19)24(5-2)6-3)25(20-13-9-7-10-14-20)21-15-11-8-12-16-21/h7-19H,4-6H2,1-3H3. The molecule has 0 saturated carbocycles. The van der Waals surface area contributed by atoms with Crippen molar-refractivity contribution in [2.24, 2.45) is 5.92 Å². The van der Waals surface area contributed by atoms with Crippen molar-refractivity contribution in [3.8, 4) is 0 Å². The fourth-order valence-electron chi connectivity index (χ4n) is 3.63. The quantitative estimate of drug-likeness (QED) is 0.494. The van der Waals surface area contributed by atoms with Crippen molar-refractivity contribution in [2.75, 3.05) is 12.3 Å². The third-order valence-electron chi connectivity index (χ3n) is 4.91. The van der Waals surface area contributed by atoms with Crippen molar-refractivity contribution in [3.63, 3.8) is 0 Å². The highest BCUT2D eigenvalue weighted by atomic mass is 31.1. The summed E-state index contributed by atoms with van der Waals surface area (Å²) in [4.78, 5) is 0. The van der Waals surface area contributed by atoms with Gasteiger partial charge in [-0.05, 0) is 47.9 Å². The second kappa shape index (κ2) is 8.93. The smallest absolute Gasteiger partial charge is 0.00296 e. The third kappa shape index (κ3) is 3.97. The molecule has 0 aromatic heterocycles. The first kappa shape index (κ1) is 18.6. The van der Waals surface area contributed by atoms with Crippen molar-refractivity contribution in [2.45, 2.75) is 27.2 Å². The van der Waals surface area contributed by atoms with E-state index in [2.05, 4.69) is 93.6 Å². The highest BCUT2D eigenvalue weighted by Crippen LogP contribution is 2.60. The molecule has 0 aliphatic heterocycles. The second-order valence-electron chi connectivity index (χ2n) is 6.32. The lowest BCUT2D eigenvalue weighted by Gasteiger charge is -2.27. The molecule has 0 radical (unpaired) electrons. The van der Waals surface area contributed by atoms with Gasteiger partial charge in [0.05, 0.1) is 0 Å². The predicted octanol–water partition coefficient (Wildman–Crippen LogP) is 6.45. The maximum Gasteiger partial charge on any atom is 0.00296 e. The maximum absolute atomic E-state index is 2.48. The van der Waals surface area contributed by atoms with Crippen LogP contribution in [0.5, 0.6) is 0 Å². The van der Waals surface area contributed by atoms with E-state index in [1.807, 2.05) is 0 Å². The summed E-state index contributed by atoms with van der Waals surface area (Å²) in [5.41, 5.74) is 0. The molecule has 3 rings (SSSR count). The number of allylic oxidation sites excluding steroid dienone is 4. The first-order valence-corrected chi connectivity index (χ1v) is 12.4. The largest absolute Gasteiger partial charge is 0.0789 e. The molecular formula is C23H28P2. The zero-order valence-electron chi connectivity index (χ0n) is 15.5. The average Bonchev–Trinajstić information content (AvgIpc) is 3.08. The predicted molar refractivity (Wildman–Crippen MR) is 117 cm³/mol. The second-order valence-corrected chi connectivity index (χ2v) is 11.3. The molecule has 2 aromatic carbocycles. The Labute approximate surface area is 155 Å². The summed E-state index contributed by atoms with van der Waals surface area (Å²) in [5.74, 6) is 0.651. The SMILES string of the molecule is CCC1C=CC(P(c2ccccc2)c2ccccc2)=C1P(CC)CC. The van der Waals surface area contributed by atoms with E-state index in [9.17, 15) is 0 Å². The van der Waals surface area contributed by atoms with E-state index in [-0.39, 0.29) is 7.92 Å². The van der Waals surface area contributed by atoms with Gasteiger partial charge in [0.2, 0.25) is 0 Å². The Morgan fingerprint density at radius 2 is 1.28 bits per heavy atom. The molecule has 0 heterocycles. The minimum atomic E-state index is -0.459. The molecule has 2 heteroatoms. The van der Waals surface area contributed by atoms with Gasteiger partial charge in [0.25, 0.3) is 0 Å². The van der Waals surface area contributed by atoms with Gasteiger partial charge in [0.1, 0.15) is 0 Å². The average molecular weight is 366 g/mol.